The first-order valence-corrected chi connectivity index (χ1v) is 11.3. The highest BCUT2D eigenvalue weighted by Gasteiger charge is 2.28. The summed E-state index contributed by atoms with van der Waals surface area (Å²) in [5, 5.41) is 5.60. The average molecular weight is 400 g/mol. The van der Waals surface area contributed by atoms with Gasteiger partial charge in [-0.3, -0.25) is 0 Å². The molecular formula is C19H30FN3O3S. The van der Waals surface area contributed by atoms with Crippen LogP contribution in [0.5, 0.6) is 0 Å². The van der Waals surface area contributed by atoms with Gasteiger partial charge in [-0.1, -0.05) is 38.8 Å². The highest BCUT2D eigenvalue weighted by molar-refractivity contribution is 7.89. The summed E-state index contributed by atoms with van der Waals surface area (Å²) in [7, 11) is -3.37. The summed E-state index contributed by atoms with van der Waals surface area (Å²) >= 11 is 0. The first-order chi connectivity index (χ1) is 12.9. The number of rotatable bonds is 9. The molecule has 1 aliphatic carbocycles. The number of hydrogen-bond acceptors (Lipinski definition) is 3. The zero-order valence-electron chi connectivity index (χ0n) is 16.1. The molecule has 1 atom stereocenters. The lowest BCUT2D eigenvalue weighted by Gasteiger charge is -2.25. The van der Waals surface area contributed by atoms with E-state index in [1.165, 1.54) is 16.4 Å². The summed E-state index contributed by atoms with van der Waals surface area (Å²) in [6.45, 7) is 4.45. The first kappa shape index (κ1) is 21.6. The van der Waals surface area contributed by atoms with Crippen LogP contribution in [-0.2, 0) is 10.0 Å². The topological polar surface area (TPSA) is 78.5 Å². The van der Waals surface area contributed by atoms with E-state index in [9.17, 15) is 17.6 Å². The van der Waals surface area contributed by atoms with Crippen LogP contribution in [0.25, 0.3) is 0 Å². The molecule has 152 valence electrons. The number of hydrogen-bond donors (Lipinski definition) is 2. The largest absolute Gasteiger partial charge is 0.337 e. The number of carbonyl (C=O) groups excluding carboxylic acids is 1. The molecule has 2 N–H and O–H groups in total. The van der Waals surface area contributed by atoms with Gasteiger partial charge in [0.1, 0.15) is 5.82 Å². The number of urea groups is 1. The molecule has 0 aliphatic heterocycles. The smallest absolute Gasteiger partial charge is 0.315 e. The van der Waals surface area contributed by atoms with Gasteiger partial charge < -0.3 is 10.6 Å². The third kappa shape index (κ3) is 6.17. The Balaban J connectivity index is 1.94. The fourth-order valence-electron chi connectivity index (χ4n) is 3.67. The van der Waals surface area contributed by atoms with E-state index in [2.05, 4.69) is 10.6 Å². The van der Waals surface area contributed by atoms with E-state index in [1.807, 2.05) is 0 Å². The van der Waals surface area contributed by atoms with Crippen LogP contribution in [0, 0.1) is 11.7 Å². The van der Waals surface area contributed by atoms with Gasteiger partial charge in [0.05, 0.1) is 11.8 Å². The molecule has 0 bridgehead atoms. The van der Waals surface area contributed by atoms with Crippen molar-refractivity contribution < 1.29 is 17.6 Å². The van der Waals surface area contributed by atoms with Crippen LogP contribution in [0.3, 0.4) is 0 Å². The van der Waals surface area contributed by atoms with Gasteiger partial charge in [0.25, 0.3) is 0 Å². The van der Waals surface area contributed by atoms with Gasteiger partial charge in [0.15, 0.2) is 0 Å². The number of benzene rings is 1. The minimum atomic E-state index is -3.37. The molecule has 1 fully saturated rings. The van der Waals surface area contributed by atoms with Crippen LogP contribution in [0.1, 0.15) is 51.1 Å². The predicted octanol–water partition coefficient (Wildman–Crippen LogP) is 3.03. The van der Waals surface area contributed by atoms with Crippen molar-refractivity contribution in [2.24, 2.45) is 5.92 Å². The Labute approximate surface area is 161 Å². The third-order valence-electron chi connectivity index (χ3n) is 5.13. The second-order valence-corrected chi connectivity index (χ2v) is 8.96. The number of nitrogens with one attached hydrogen (secondary N) is 2. The van der Waals surface area contributed by atoms with Crippen molar-refractivity contribution in [3.63, 3.8) is 0 Å². The molecule has 1 aliphatic rings. The van der Waals surface area contributed by atoms with Crippen molar-refractivity contribution in [2.45, 2.75) is 45.6 Å². The maximum atomic E-state index is 13.2. The normalized spacial score (nSPS) is 16.4. The van der Waals surface area contributed by atoms with E-state index < -0.39 is 16.1 Å². The highest BCUT2D eigenvalue weighted by Crippen LogP contribution is 2.35. The molecule has 6 nitrogen and oxygen atoms in total. The Kier molecular flexibility index (Phi) is 8.04. The summed E-state index contributed by atoms with van der Waals surface area (Å²) in [5.41, 5.74) is 0.870. The van der Waals surface area contributed by atoms with Crippen LogP contribution in [0.4, 0.5) is 9.18 Å². The molecule has 2 amide bonds. The predicted molar refractivity (Wildman–Crippen MR) is 104 cm³/mol. The first-order valence-electron chi connectivity index (χ1n) is 9.65. The van der Waals surface area contributed by atoms with Crippen LogP contribution >= 0.6 is 0 Å². The van der Waals surface area contributed by atoms with Gasteiger partial charge in [-0.05, 0) is 36.5 Å². The maximum Gasteiger partial charge on any atom is 0.315 e. The number of sulfonamides is 1. The maximum absolute atomic E-state index is 13.2. The number of nitrogens with zero attached hydrogens (tertiary/aromatic N) is 1. The van der Waals surface area contributed by atoms with Crippen LogP contribution in [-0.4, -0.2) is 44.1 Å². The Hall–Kier alpha value is -1.67. The lowest BCUT2D eigenvalue weighted by atomic mass is 9.92. The molecule has 1 saturated carbocycles. The molecule has 0 saturated heterocycles. The van der Waals surface area contributed by atoms with Crippen LogP contribution in [0.2, 0.25) is 0 Å². The van der Waals surface area contributed by atoms with Crippen molar-refractivity contribution >= 4 is 16.1 Å². The zero-order chi connectivity index (χ0) is 19.9. The van der Waals surface area contributed by atoms with E-state index in [4.69, 9.17) is 0 Å². The van der Waals surface area contributed by atoms with Crippen molar-refractivity contribution in [3.05, 3.63) is 35.6 Å². The van der Waals surface area contributed by atoms with E-state index in [0.717, 1.165) is 31.2 Å². The fourth-order valence-corrected chi connectivity index (χ4v) is 5.07. The molecule has 0 aromatic heterocycles. The summed E-state index contributed by atoms with van der Waals surface area (Å²) < 4.78 is 39.0. The van der Waals surface area contributed by atoms with E-state index in [-0.39, 0.29) is 24.2 Å². The van der Waals surface area contributed by atoms with Crippen molar-refractivity contribution in [1.29, 1.82) is 0 Å². The van der Waals surface area contributed by atoms with Crippen molar-refractivity contribution in [3.8, 4) is 0 Å². The highest BCUT2D eigenvalue weighted by atomic mass is 32.2. The number of amides is 2. The molecular weight excluding hydrogens is 369 g/mol. The van der Waals surface area contributed by atoms with E-state index in [0.29, 0.717) is 19.0 Å². The van der Waals surface area contributed by atoms with Gasteiger partial charge in [0.2, 0.25) is 10.0 Å². The van der Waals surface area contributed by atoms with Gasteiger partial charge >= 0.3 is 6.03 Å². The van der Waals surface area contributed by atoms with Crippen LogP contribution < -0.4 is 10.6 Å². The second-order valence-electron chi connectivity index (χ2n) is 6.87. The SMILES string of the molecule is CCN(CC)S(=O)(=O)CCNC(=O)NC(c1ccc(F)cc1)C1CCCC1. The summed E-state index contributed by atoms with van der Waals surface area (Å²) in [6, 6.07) is 5.59. The standard InChI is InChI=1S/C19H30FN3O3S/c1-3-23(4-2)27(25,26)14-13-21-19(24)22-18(15-7-5-6-8-15)16-9-11-17(20)12-10-16/h9-12,15,18H,3-8,13-14H2,1-2H3,(H2,21,22,24). The third-order valence-corrected chi connectivity index (χ3v) is 7.15. The molecule has 2 rings (SSSR count). The zero-order valence-corrected chi connectivity index (χ0v) is 16.9. The molecule has 1 aromatic rings. The summed E-state index contributed by atoms with van der Waals surface area (Å²) in [6.07, 6.45) is 4.26. The molecule has 0 heterocycles. The van der Waals surface area contributed by atoms with Gasteiger partial charge in [-0.15, -0.1) is 0 Å². The Morgan fingerprint density at radius 1 is 1.19 bits per heavy atom. The summed E-state index contributed by atoms with van der Waals surface area (Å²) in [4.78, 5) is 12.3. The Bertz CT molecular complexity index is 699. The number of halogens is 1. The molecule has 27 heavy (non-hydrogen) atoms. The van der Waals surface area contributed by atoms with Crippen molar-refractivity contribution in [1.82, 2.24) is 14.9 Å². The van der Waals surface area contributed by atoms with Gasteiger partial charge in [0, 0.05) is 19.6 Å². The summed E-state index contributed by atoms with van der Waals surface area (Å²) in [5.74, 6) is -0.136. The Morgan fingerprint density at radius 3 is 2.33 bits per heavy atom. The molecule has 1 aromatic carbocycles. The molecule has 0 spiro atoms. The van der Waals surface area contributed by atoms with Crippen LogP contribution in [0.15, 0.2) is 24.3 Å². The van der Waals surface area contributed by atoms with E-state index >= 15 is 0 Å². The number of carbonyl (C=O) groups is 1. The quantitative estimate of drug-likeness (QED) is 0.670. The molecule has 1 unspecified atom stereocenters. The monoisotopic (exact) mass is 399 g/mol. The fraction of sp³-hybridized carbons (Fsp3) is 0.632. The van der Waals surface area contributed by atoms with E-state index in [1.54, 1.807) is 26.0 Å². The minimum Gasteiger partial charge on any atom is -0.337 e. The lowest BCUT2D eigenvalue weighted by Crippen LogP contribution is -2.43. The molecule has 8 heteroatoms. The van der Waals surface area contributed by atoms with Gasteiger partial charge in [-0.25, -0.2) is 21.9 Å². The minimum absolute atomic E-state index is 0.0471. The lowest BCUT2D eigenvalue weighted by molar-refractivity contribution is 0.231. The van der Waals surface area contributed by atoms with Gasteiger partial charge in [-0.2, -0.15) is 0 Å². The van der Waals surface area contributed by atoms with Crippen molar-refractivity contribution in [2.75, 3.05) is 25.4 Å². The second kappa shape index (κ2) is 10.0. The Morgan fingerprint density at radius 2 is 1.78 bits per heavy atom. The molecule has 0 radical (unpaired) electrons. The average Bonchev–Trinajstić information content (AvgIpc) is 3.15.